The number of pyridine rings is 1. The van der Waals surface area contributed by atoms with Crippen molar-refractivity contribution in [2.75, 3.05) is 37.6 Å². The first-order valence-electron chi connectivity index (χ1n) is 10.2. The third kappa shape index (κ3) is 5.24. The van der Waals surface area contributed by atoms with E-state index < -0.39 is 0 Å². The predicted molar refractivity (Wildman–Crippen MR) is 113 cm³/mol. The fourth-order valence-electron chi connectivity index (χ4n) is 3.56. The number of amides is 1. The number of nitrogens with one attached hydrogen (secondary N) is 1. The molecule has 2 aromatic heterocycles. The molecule has 0 unspecified atom stereocenters. The Morgan fingerprint density at radius 3 is 2.57 bits per heavy atom. The molecular weight excluding hydrogens is 383 g/mol. The van der Waals surface area contributed by atoms with Crippen LogP contribution < -0.4 is 10.2 Å². The number of rotatable bonds is 7. The molecule has 1 amide bonds. The predicted octanol–water partition coefficient (Wildman–Crippen LogP) is 3.11. The Bertz CT molecular complexity index is 951. The molecule has 3 aromatic rings. The van der Waals surface area contributed by atoms with Crippen LogP contribution >= 0.6 is 0 Å². The van der Waals surface area contributed by atoms with Gasteiger partial charge in [0.2, 0.25) is 0 Å². The van der Waals surface area contributed by atoms with Crippen LogP contribution in [0.25, 0.3) is 0 Å². The number of anilines is 1. The van der Waals surface area contributed by atoms with Gasteiger partial charge in [0.05, 0.1) is 6.54 Å². The highest BCUT2D eigenvalue weighted by atomic mass is 19.1. The molecule has 1 aromatic carbocycles. The lowest BCUT2D eigenvalue weighted by atomic mass is 10.2. The zero-order valence-electron chi connectivity index (χ0n) is 16.8. The number of hydrogen-bond donors (Lipinski definition) is 1. The minimum atomic E-state index is -0.216. The molecule has 1 fully saturated rings. The molecule has 3 heterocycles. The second-order valence-electron chi connectivity index (χ2n) is 7.33. The summed E-state index contributed by atoms with van der Waals surface area (Å²) in [6.07, 6.45) is 2.42. The summed E-state index contributed by atoms with van der Waals surface area (Å²) < 4.78 is 18.8. The second kappa shape index (κ2) is 9.54. The summed E-state index contributed by atoms with van der Waals surface area (Å²) in [5, 5.41) is 2.87. The highest BCUT2D eigenvalue weighted by molar-refractivity contribution is 5.91. The van der Waals surface area contributed by atoms with Crippen LogP contribution in [0.3, 0.4) is 0 Å². The fourth-order valence-corrected chi connectivity index (χ4v) is 3.56. The lowest BCUT2D eigenvalue weighted by Crippen LogP contribution is -2.45. The van der Waals surface area contributed by atoms with Gasteiger partial charge in [0.15, 0.2) is 5.76 Å². The van der Waals surface area contributed by atoms with Crippen LogP contribution in [-0.2, 0) is 13.0 Å². The normalized spacial score (nSPS) is 14.6. The number of carbonyl (C=O) groups is 1. The first kappa shape index (κ1) is 20.1. The largest absolute Gasteiger partial charge is 0.455 e. The van der Waals surface area contributed by atoms with Crippen molar-refractivity contribution in [1.82, 2.24) is 15.2 Å². The van der Waals surface area contributed by atoms with Crippen molar-refractivity contribution in [2.45, 2.75) is 13.0 Å². The summed E-state index contributed by atoms with van der Waals surface area (Å²) in [6.45, 7) is 4.67. The smallest absolute Gasteiger partial charge is 0.287 e. The van der Waals surface area contributed by atoms with E-state index in [-0.39, 0.29) is 11.7 Å². The van der Waals surface area contributed by atoms with Crippen molar-refractivity contribution >= 4 is 11.6 Å². The number of furan rings is 1. The third-order valence-corrected chi connectivity index (χ3v) is 5.22. The maximum absolute atomic E-state index is 13.1. The van der Waals surface area contributed by atoms with E-state index in [0.29, 0.717) is 25.3 Å². The molecule has 1 N–H and O–H groups in total. The molecule has 30 heavy (non-hydrogen) atoms. The molecule has 1 aliphatic heterocycles. The van der Waals surface area contributed by atoms with E-state index in [1.54, 1.807) is 12.3 Å². The van der Waals surface area contributed by atoms with Crippen molar-refractivity contribution < 1.29 is 13.6 Å². The van der Waals surface area contributed by atoms with Crippen molar-refractivity contribution in [3.63, 3.8) is 0 Å². The molecule has 1 aliphatic rings. The molecular formula is C23H25FN4O2. The van der Waals surface area contributed by atoms with E-state index in [0.717, 1.165) is 43.3 Å². The standard InChI is InChI=1S/C23H25FN4O2/c24-18-4-6-20(7-5-18)28-15-13-27(14-16-28)17-21-8-9-22(30-21)23(29)26-12-10-19-3-1-2-11-25-19/h1-9,11H,10,12-17H2,(H,26,29). The highest BCUT2D eigenvalue weighted by Gasteiger charge is 2.19. The monoisotopic (exact) mass is 408 g/mol. The molecule has 0 radical (unpaired) electrons. The Morgan fingerprint density at radius 2 is 1.83 bits per heavy atom. The van der Waals surface area contributed by atoms with Crippen LogP contribution in [0.4, 0.5) is 10.1 Å². The number of aromatic nitrogens is 1. The number of halogens is 1. The van der Waals surface area contributed by atoms with Crippen LogP contribution in [0.1, 0.15) is 22.0 Å². The molecule has 1 saturated heterocycles. The van der Waals surface area contributed by atoms with Gasteiger partial charge in [-0.2, -0.15) is 0 Å². The average molecular weight is 408 g/mol. The Kier molecular flexibility index (Phi) is 6.39. The summed E-state index contributed by atoms with van der Waals surface area (Å²) >= 11 is 0. The minimum absolute atomic E-state index is 0.210. The summed E-state index contributed by atoms with van der Waals surface area (Å²) in [6, 6.07) is 15.9. The summed E-state index contributed by atoms with van der Waals surface area (Å²) in [7, 11) is 0. The molecule has 156 valence electrons. The summed E-state index contributed by atoms with van der Waals surface area (Å²) in [4.78, 5) is 21.1. The average Bonchev–Trinajstić information content (AvgIpc) is 3.24. The molecule has 0 saturated carbocycles. The quantitative estimate of drug-likeness (QED) is 0.651. The molecule has 0 bridgehead atoms. The number of nitrogens with zero attached hydrogens (tertiary/aromatic N) is 3. The van der Waals surface area contributed by atoms with Gasteiger partial charge in [-0.1, -0.05) is 6.07 Å². The van der Waals surface area contributed by atoms with E-state index in [4.69, 9.17) is 4.42 Å². The van der Waals surface area contributed by atoms with E-state index >= 15 is 0 Å². The fraction of sp³-hybridized carbons (Fsp3) is 0.304. The van der Waals surface area contributed by atoms with Gasteiger partial charge in [0.1, 0.15) is 11.6 Å². The second-order valence-corrected chi connectivity index (χ2v) is 7.33. The maximum Gasteiger partial charge on any atom is 0.287 e. The molecule has 6 nitrogen and oxygen atoms in total. The Balaban J connectivity index is 1.22. The molecule has 0 atom stereocenters. The van der Waals surface area contributed by atoms with Crippen LogP contribution in [0.15, 0.2) is 65.2 Å². The van der Waals surface area contributed by atoms with E-state index in [2.05, 4.69) is 20.1 Å². The van der Waals surface area contributed by atoms with Crippen LogP contribution in [0, 0.1) is 5.82 Å². The van der Waals surface area contributed by atoms with Gasteiger partial charge in [-0.3, -0.25) is 14.7 Å². The first-order chi connectivity index (χ1) is 14.7. The van der Waals surface area contributed by atoms with Gasteiger partial charge in [-0.25, -0.2) is 4.39 Å². The van der Waals surface area contributed by atoms with Crippen LogP contribution in [0.5, 0.6) is 0 Å². The van der Waals surface area contributed by atoms with Gasteiger partial charge in [0.25, 0.3) is 5.91 Å². The SMILES string of the molecule is O=C(NCCc1ccccn1)c1ccc(CN2CCN(c3ccc(F)cc3)CC2)o1. The van der Waals surface area contributed by atoms with E-state index in [1.165, 1.54) is 12.1 Å². The van der Waals surface area contributed by atoms with E-state index in [9.17, 15) is 9.18 Å². The van der Waals surface area contributed by atoms with E-state index in [1.807, 2.05) is 36.4 Å². The third-order valence-electron chi connectivity index (χ3n) is 5.22. The Labute approximate surface area is 175 Å². The number of piperazine rings is 1. The number of hydrogen-bond acceptors (Lipinski definition) is 5. The van der Waals surface area contributed by atoms with Gasteiger partial charge in [-0.05, 0) is 48.5 Å². The molecule has 7 heteroatoms. The van der Waals surface area contributed by atoms with Gasteiger partial charge in [-0.15, -0.1) is 0 Å². The van der Waals surface area contributed by atoms with Crippen LogP contribution in [0.2, 0.25) is 0 Å². The first-order valence-corrected chi connectivity index (χ1v) is 10.2. The van der Waals surface area contributed by atoms with Gasteiger partial charge in [0, 0.05) is 56.7 Å². The van der Waals surface area contributed by atoms with Crippen molar-refractivity contribution in [2.24, 2.45) is 0 Å². The molecule has 4 rings (SSSR count). The van der Waals surface area contributed by atoms with Crippen molar-refractivity contribution in [1.29, 1.82) is 0 Å². The maximum atomic E-state index is 13.1. The highest BCUT2D eigenvalue weighted by Crippen LogP contribution is 2.18. The number of carbonyl (C=O) groups excluding carboxylic acids is 1. The topological polar surface area (TPSA) is 61.6 Å². The summed E-state index contributed by atoms with van der Waals surface area (Å²) in [5.41, 5.74) is 1.98. The lowest BCUT2D eigenvalue weighted by Gasteiger charge is -2.35. The number of benzene rings is 1. The minimum Gasteiger partial charge on any atom is -0.455 e. The Hall–Kier alpha value is -3.19. The molecule has 0 spiro atoms. The van der Waals surface area contributed by atoms with Gasteiger partial charge >= 0.3 is 0 Å². The Morgan fingerprint density at radius 1 is 1.03 bits per heavy atom. The zero-order chi connectivity index (χ0) is 20.8. The molecule has 0 aliphatic carbocycles. The summed E-state index contributed by atoms with van der Waals surface area (Å²) in [5.74, 6) is 0.682. The van der Waals surface area contributed by atoms with Crippen molar-refractivity contribution in [3.05, 3.63) is 83.8 Å². The zero-order valence-corrected chi connectivity index (χ0v) is 16.8. The van der Waals surface area contributed by atoms with Crippen molar-refractivity contribution in [3.8, 4) is 0 Å². The lowest BCUT2D eigenvalue weighted by molar-refractivity contribution is 0.0922. The van der Waals surface area contributed by atoms with Gasteiger partial charge < -0.3 is 14.6 Å². The van der Waals surface area contributed by atoms with Crippen LogP contribution in [-0.4, -0.2) is 48.5 Å².